The highest BCUT2D eigenvalue weighted by Gasteiger charge is 2.27. The van der Waals surface area contributed by atoms with Crippen molar-refractivity contribution >= 4 is 11.6 Å². The molecule has 0 saturated carbocycles. The van der Waals surface area contributed by atoms with Gasteiger partial charge < -0.3 is 28.7 Å². The number of hydrogen-bond donors (Lipinski definition) is 0. The van der Waals surface area contributed by atoms with Crippen LogP contribution in [0.15, 0.2) is 72.9 Å². The quantitative estimate of drug-likeness (QED) is 0.0683. The first-order chi connectivity index (χ1) is 21.3. The van der Waals surface area contributed by atoms with Gasteiger partial charge in [0, 0.05) is 24.2 Å². The molecule has 0 unspecified atom stereocenters. The molecule has 0 atom stereocenters. The van der Waals surface area contributed by atoms with Gasteiger partial charge in [0.2, 0.25) is 0 Å². The minimum atomic E-state index is -0.0763. The first kappa shape index (κ1) is 38.8. The number of aromatic nitrogens is 1. The third kappa shape index (κ3) is 13.5. The molecule has 248 valence electrons. The maximum absolute atomic E-state index is 14.0. The zero-order valence-electron chi connectivity index (χ0n) is 28.8. The summed E-state index contributed by atoms with van der Waals surface area (Å²) in [6, 6.07) is 22.4. The Bertz CT molecular complexity index is 1240. The number of anilines is 1. The van der Waals surface area contributed by atoms with Crippen molar-refractivity contribution in [3.05, 3.63) is 89.7 Å². The number of benzene rings is 2. The summed E-state index contributed by atoms with van der Waals surface area (Å²) in [7, 11) is 0. The Hall–Kier alpha value is -2.41. The fourth-order valence-electron chi connectivity index (χ4n) is 5.83. The summed E-state index contributed by atoms with van der Waals surface area (Å²) in [5.41, 5.74) is 3.82. The fraction of sp³-hybridized carbons (Fsp3) is 0.550. The van der Waals surface area contributed by atoms with E-state index in [4.69, 9.17) is 4.74 Å². The second-order valence-electron chi connectivity index (χ2n) is 13.3. The Kier molecular flexibility index (Phi) is 18.4. The molecule has 0 fully saturated rings. The standard InChI is InChI=1S/C40H59N2O2.HI/c1-6-8-9-10-11-12-13-14-15-16-17-23-31-44-38-28-27-34(32-36(38)40(3,4)5)33-42(35-24-19-18-20-25-35)39(43)37-26-21-22-30-41(37)29-7-2;/h18-22,24-28,30,32H,6-17,23,29,31,33H2,1-5H3;1H/q+1;/p-1. The molecular weight excluding hydrogens is 667 g/mol. The van der Waals surface area contributed by atoms with Gasteiger partial charge in [0.15, 0.2) is 6.20 Å². The molecule has 0 spiro atoms. The van der Waals surface area contributed by atoms with E-state index in [0.29, 0.717) is 12.2 Å². The molecule has 45 heavy (non-hydrogen) atoms. The molecule has 5 heteroatoms. The van der Waals surface area contributed by atoms with Gasteiger partial charge in [0.25, 0.3) is 5.69 Å². The van der Waals surface area contributed by atoms with Crippen LogP contribution in [0.4, 0.5) is 5.69 Å². The molecule has 0 aliphatic carbocycles. The molecule has 3 rings (SSSR count). The minimum absolute atomic E-state index is 0. The zero-order valence-corrected chi connectivity index (χ0v) is 31.0. The average Bonchev–Trinajstić information content (AvgIpc) is 3.02. The van der Waals surface area contributed by atoms with E-state index >= 15 is 0 Å². The van der Waals surface area contributed by atoms with E-state index in [2.05, 4.69) is 57.4 Å². The maximum atomic E-state index is 14.0. The number of halogens is 1. The number of aryl methyl sites for hydroxylation is 1. The van der Waals surface area contributed by atoms with Gasteiger partial charge in [0.1, 0.15) is 12.3 Å². The lowest BCUT2D eigenvalue weighted by Gasteiger charge is -2.26. The van der Waals surface area contributed by atoms with Crippen molar-refractivity contribution in [1.82, 2.24) is 0 Å². The van der Waals surface area contributed by atoms with Crippen LogP contribution < -0.4 is 38.2 Å². The monoisotopic (exact) mass is 726 g/mol. The van der Waals surface area contributed by atoms with Crippen molar-refractivity contribution in [2.45, 2.75) is 137 Å². The van der Waals surface area contributed by atoms with Gasteiger partial charge in [-0.05, 0) is 53.3 Å². The van der Waals surface area contributed by atoms with E-state index < -0.39 is 0 Å². The number of nitrogens with zero attached hydrogens (tertiary/aromatic N) is 2. The first-order valence-electron chi connectivity index (χ1n) is 17.5. The molecule has 4 nitrogen and oxygen atoms in total. The summed E-state index contributed by atoms with van der Waals surface area (Å²) in [5.74, 6) is 0.973. The number of carbonyl (C=O) groups is 1. The van der Waals surface area contributed by atoms with Crippen molar-refractivity contribution in [2.24, 2.45) is 0 Å². The number of amides is 1. The van der Waals surface area contributed by atoms with Gasteiger partial charge in [-0.1, -0.05) is 130 Å². The number of pyridine rings is 1. The number of para-hydroxylation sites is 1. The molecular formula is C40H59IN2O2. The Morgan fingerprint density at radius 2 is 1.33 bits per heavy atom. The van der Waals surface area contributed by atoms with E-state index in [1.807, 2.05) is 59.6 Å². The highest BCUT2D eigenvalue weighted by atomic mass is 127. The number of ether oxygens (including phenoxy) is 1. The molecule has 1 amide bonds. The van der Waals surface area contributed by atoms with E-state index in [1.165, 1.54) is 76.2 Å². The largest absolute Gasteiger partial charge is 1.00 e. The Balaban J connectivity index is 0.00000705. The highest BCUT2D eigenvalue weighted by Crippen LogP contribution is 2.33. The van der Waals surface area contributed by atoms with Crippen LogP contribution in [0.2, 0.25) is 0 Å². The lowest BCUT2D eigenvalue weighted by atomic mass is 9.85. The predicted octanol–water partition coefficient (Wildman–Crippen LogP) is 7.61. The zero-order chi connectivity index (χ0) is 31.6. The highest BCUT2D eigenvalue weighted by molar-refractivity contribution is 6.03. The molecule has 1 aromatic heterocycles. The summed E-state index contributed by atoms with van der Waals surface area (Å²) in [6.07, 6.45) is 19.1. The lowest BCUT2D eigenvalue weighted by Crippen LogP contribution is -3.00. The summed E-state index contributed by atoms with van der Waals surface area (Å²) in [6.45, 7) is 13.2. The second kappa shape index (κ2) is 21.4. The molecule has 0 aliphatic heterocycles. The Morgan fingerprint density at radius 1 is 0.733 bits per heavy atom. The molecule has 0 N–H and O–H groups in total. The molecule has 1 heterocycles. The van der Waals surface area contributed by atoms with Crippen LogP contribution in [0.25, 0.3) is 0 Å². The molecule has 0 radical (unpaired) electrons. The van der Waals surface area contributed by atoms with E-state index in [1.54, 1.807) is 0 Å². The van der Waals surface area contributed by atoms with Crippen molar-refractivity contribution in [1.29, 1.82) is 0 Å². The predicted molar refractivity (Wildman–Crippen MR) is 186 cm³/mol. The maximum Gasteiger partial charge on any atom is 0.323 e. The van der Waals surface area contributed by atoms with Crippen LogP contribution in [0.3, 0.4) is 0 Å². The number of unbranched alkanes of at least 4 members (excludes halogenated alkanes) is 11. The van der Waals surface area contributed by atoms with Crippen LogP contribution in [-0.2, 0) is 18.5 Å². The fourth-order valence-corrected chi connectivity index (χ4v) is 5.83. The molecule has 0 bridgehead atoms. The van der Waals surface area contributed by atoms with E-state index in [0.717, 1.165) is 43.0 Å². The second-order valence-corrected chi connectivity index (χ2v) is 13.3. The van der Waals surface area contributed by atoms with Gasteiger partial charge in [0.05, 0.1) is 13.2 Å². The van der Waals surface area contributed by atoms with Crippen molar-refractivity contribution in [3.63, 3.8) is 0 Å². The normalized spacial score (nSPS) is 11.2. The first-order valence-corrected chi connectivity index (χ1v) is 17.5. The van der Waals surface area contributed by atoms with E-state index in [-0.39, 0.29) is 35.3 Å². The molecule has 2 aromatic carbocycles. The third-order valence-electron chi connectivity index (χ3n) is 8.39. The van der Waals surface area contributed by atoms with Gasteiger partial charge in [-0.3, -0.25) is 9.69 Å². The topological polar surface area (TPSA) is 33.4 Å². The van der Waals surface area contributed by atoms with Crippen LogP contribution in [-0.4, -0.2) is 12.5 Å². The Morgan fingerprint density at radius 3 is 1.93 bits per heavy atom. The summed E-state index contributed by atoms with van der Waals surface area (Å²) in [5, 5.41) is 0. The third-order valence-corrected chi connectivity index (χ3v) is 8.39. The number of hydrogen-bond acceptors (Lipinski definition) is 2. The summed E-state index contributed by atoms with van der Waals surface area (Å²) >= 11 is 0. The van der Waals surface area contributed by atoms with Gasteiger partial charge in [-0.25, -0.2) is 0 Å². The van der Waals surface area contributed by atoms with Crippen molar-refractivity contribution in [2.75, 3.05) is 11.5 Å². The van der Waals surface area contributed by atoms with Crippen LogP contribution in [0.1, 0.15) is 140 Å². The minimum Gasteiger partial charge on any atom is -1.00 e. The van der Waals surface area contributed by atoms with Crippen LogP contribution in [0.5, 0.6) is 5.75 Å². The van der Waals surface area contributed by atoms with Crippen molar-refractivity contribution in [3.8, 4) is 5.75 Å². The SMILES string of the molecule is CCCCCCCCCCCCCCOc1ccc(CN(C(=O)c2cccc[n+]2CCC)c2ccccc2)cc1C(C)(C)C.[I-]. The smallest absolute Gasteiger partial charge is 0.323 e. The van der Waals surface area contributed by atoms with E-state index in [9.17, 15) is 4.79 Å². The number of carbonyl (C=O) groups excluding carboxylic acids is 1. The molecule has 0 aliphatic rings. The number of rotatable bonds is 20. The molecule has 0 saturated heterocycles. The average molecular weight is 727 g/mol. The van der Waals surface area contributed by atoms with Crippen molar-refractivity contribution < 1.29 is 38.1 Å². The lowest BCUT2D eigenvalue weighted by molar-refractivity contribution is -0.698. The van der Waals surface area contributed by atoms with Gasteiger partial charge >= 0.3 is 5.91 Å². The van der Waals surface area contributed by atoms with Crippen LogP contribution in [0, 0.1) is 0 Å². The van der Waals surface area contributed by atoms with Gasteiger partial charge in [-0.15, -0.1) is 0 Å². The summed E-state index contributed by atoms with van der Waals surface area (Å²) < 4.78 is 8.44. The Labute approximate surface area is 292 Å². The summed E-state index contributed by atoms with van der Waals surface area (Å²) in [4.78, 5) is 15.9. The van der Waals surface area contributed by atoms with Gasteiger partial charge in [-0.2, -0.15) is 4.57 Å². The molecule has 3 aromatic rings. The van der Waals surface area contributed by atoms with Crippen LogP contribution >= 0.6 is 0 Å².